The van der Waals surface area contributed by atoms with Crippen molar-refractivity contribution >= 4 is 29.2 Å². The molecule has 1 amide bonds. The number of amides is 1. The van der Waals surface area contributed by atoms with E-state index in [1.165, 1.54) is 36.4 Å². The minimum atomic E-state index is -1.12. The number of anilines is 1. The summed E-state index contributed by atoms with van der Waals surface area (Å²) in [6.45, 7) is 0. The first-order valence-electron chi connectivity index (χ1n) is 5.57. The highest BCUT2D eigenvalue weighted by Crippen LogP contribution is 2.23. The Morgan fingerprint density at radius 1 is 1.10 bits per heavy atom. The van der Waals surface area contributed by atoms with Crippen molar-refractivity contribution in [1.29, 1.82) is 0 Å². The molecule has 2 aromatic rings. The minimum Gasteiger partial charge on any atom is -0.478 e. The quantitative estimate of drug-likeness (QED) is 0.911. The average Bonchev–Trinajstić information content (AvgIpc) is 2.40. The minimum absolute atomic E-state index is 0.0127. The van der Waals surface area contributed by atoms with Crippen molar-refractivity contribution in [3.63, 3.8) is 0 Å². The smallest absolute Gasteiger partial charge is 0.335 e. The first kappa shape index (κ1) is 14.0. The summed E-state index contributed by atoms with van der Waals surface area (Å²) in [5, 5.41) is 11.4. The summed E-state index contributed by atoms with van der Waals surface area (Å²) in [7, 11) is 0. The Hall–Kier alpha value is -2.40. The molecular weight excluding hydrogens is 285 g/mol. The van der Waals surface area contributed by atoms with Gasteiger partial charge in [-0.25, -0.2) is 9.18 Å². The van der Waals surface area contributed by atoms with Crippen LogP contribution in [0.3, 0.4) is 0 Å². The normalized spacial score (nSPS) is 10.1. The standard InChI is InChI=1S/C14H9ClFNO3/c15-11-7-9(14(19)20)4-5-12(11)17-13(18)8-2-1-3-10(16)6-8/h1-7H,(H,17,18)(H,19,20). The number of hydrogen-bond acceptors (Lipinski definition) is 2. The Labute approximate surface area is 118 Å². The number of carbonyl (C=O) groups excluding carboxylic acids is 1. The van der Waals surface area contributed by atoms with Gasteiger partial charge >= 0.3 is 5.97 Å². The fraction of sp³-hybridized carbons (Fsp3) is 0. The second-order valence-corrected chi connectivity index (χ2v) is 4.37. The predicted molar refractivity (Wildman–Crippen MR) is 72.8 cm³/mol. The lowest BCUT2D eigenvalue weighted by molar-refractivity contribution is 0.0696. The maximum atomic E-state index is 13.0. The van der Waals surface area contributed by atoms with Crippen LogP contribution in [-0.4, -0.2) is 17.0 Å². The van der Waals surface area contributed by atoms with Crippen LogP contribution in [0.1, 0.15) is 20.7 Å². The van der Waals surface area contributed by atoms with E-state index in [-0.39, 0.29) is 21.8 Å². The second kappa shape index (κ2) is 5.71. The Bertz CT molecular complexity index is 688. The van der Waals surface area contributed by atoms with Gasteiger partial charge in [0.15, 0.2) is 0 Å². The maximum Gasteiger partial charge on any atom is 0.335 e. The lowest BCUT2D eigenvalue weighted by atomic mass is 10.2. The van der Waals surface area contributed by atoms with Crippen LogP contribution in [-0.2, 0) is 0 Å². The molecule has 0 aliphatic heterocycles. The van der Waals surface area contributed by atoms with Gasteiger partial charge < -0.3 is 10.4 Å². The molecule has 0 unspecified atom stereocenters. The molecular formula is C14H9ClFNO3. The van der Waals surface area contributed by atoms with Gasteiger partial charge in [0.2, 0.25) is 0 Å². The Balaban J connectivity index is 2.22. The van der Waals surface area contributed by atoms with Gasteiger partial charge in [-0.2, -0.15) is 0 Å². The molecule has 2 N–H and O–H groups in total. The van der Waals surface area contributed by atoms with Crippen LogP contribution in [0.5, 0.6) is 0 Å². The largest absolute Gasteiger partial charge is 0.478 e. The molecule has 0 bridgehead atoms. The third-order valence-electron chi connectivity index (χ3n) is 2.55. The van der Waals surface area contributed by atoms with E-state index < -0.39 is 17.7 Å². The molecule has 0 aliphatic rings. The zero-order chi connectivity index (χ0) is 14.7. The first-order chi connectivity index (χ1) is 9.47. The van der Waals surface area contributed by atoms with Crippen LogP contribution in [0.4, 0.5) is 10.1 Å². The van der Waals surface area contributed by atoms with E-state index in [1.807, 2.05) is 0 Å². The van der Waals surface area contributed by atoms with Gasteiger partial charge in [-0.05, 0) is 36.4 Å². The van der Waals surface area contributed by atoms with E-state index in [2.05, 4.69) is 5.32 Å². The van der Waals surface area contributed by atoms with Crippen molar-refractivity contribution in [2.45, 2.75) is 0 Å². The predicted octanol–water partition coefficient (Wildman–Crippen LogP) is 3.43. The molecule has 0 fully saturated rings. The van der Waals surface area contributed by atoms with E-state index in [4.69, 9.17) is 16.7 Å². The van der Waals surface area contributed by atoms with Crippen LogP contribution in [0.2, 0.25) is 5.02 Å². The summed E-state index contributed by atoms with van der Waals surface area (Å²) in [4.78, 5) is 22.6. The van der Waals surface area contributed by atoms with Crippen molar-refractivity contribution in [2.75, 3.05) is 5.32 Å². The van der Waals surface area contributed by atoms with Crippen LogP contribution >= 0.6 is 11.6 Å². The Kier molecular flexibility index (Phi) is 4.00. The molecule has 0 atom stereocenters. The highest BCUT2D eigenvalue weighted by atomic mass is 35.5. The van der Waals surface area contributed by atoms with Crippen LogP contribution in [0, 0.1) is 5.82 Å². The number of nitrogens with one attached hydrogen (secondary N) is 1. The summed E-state index contributed by atoms with van der Waals surface area (Å²) in [5.41, 5.74) is 0.410. The lowest BCUT2D eigenvalue weighted by Gasteiger charge is -2.08. The van der Waals surface area contributed by atoms with E-state index in [9.17, 15) is 14.0 Å². The molecule has 0 saturated carbocycles. The number of carboxylic acids is 1. The summed E-state index contributed by atoms with van der Waals surface area (Å²) >= 11 is 5.88. The highest BCUT2D eigenvalue weighted by molar-refractivity contribution is 6.34. The summed E-state index contributed by atoms with van der Waals surface area (Å²) in [5.74, 6) is -2.17. The Morgan fingerprint density at radius 3 is 2.45 bits per heavy atom. The molecule has 0 aromatic heterocycles. The van der Waals surface area contributed by atoms with E-state index >= 15 is 0 Å². The number of carboxylic acid groups (broad SMARTS) is 1. The number of benzene rings is 2. The average molecular weight is 294 g/mol. The van der Waals surface area contributed by atoms with Crippen LogP contribution in [0.15, 0.2) is 42.5 Å². The Morgan fingerprint density at radius 2 is 1.85 bits per heavy atom. The van der Waals surface area contributed by atoms with Gasteiger partial charge in [0.25, 0.3) is 5.91 Å². The molecule has 2 rings (SSSR count). The van der Waals surface area contributed by atoms with Gasteiger partial charge in [-0.1, -0.05) is 17.7 Å². The maximum absolute atomic E-state index is 13.0. The fourth-order valence-corrected chi connectivity index (χ4v) is 1.80. The van der Waals surface area contributed by atoms with Gasteiger partial charge in [0.05, 0.1) is 16.3 Å². The number of carbonyl (C=O) groups is 2. The van der Waals surface area contributed by atoms with E-state index in [1.54, 1.807) is 0 Å². The van der Waals surface area contributed by atoms with Crippen LogP contribution in [0.25, 0.3) is 0 Å². The van der Waals surface area contributed by atoms with Crippen molar-refractivity contribution in [3.05, 3.63) is 64.4 Å². The van der Waals surface area contributed by atoms with Crippen molar-refractivity contribution in [2.24, 2.45) is 0 Å². The lowest BCUT2D eigenvalue weighted by Crippen LogP contribution is -2.12. The fourth-order valence-electron chi connectivity index (χ4n) is 1.57. The third kappa shape index (κ3) is 3.13. The zero-order valence-corrected chi connectivity index (χ0v) is 10.8. The van der Waals surface area contributed by atoms with Gasteiger partial charge in [0, 0.05) is 5.56 Å². The molecule has 0 aliphatic carbocycles. The number of halogens is 2. The number of aromatic carboxylic acids is 1. The highest BCUT2D eigenvalue weighted by Gasteiger charge is 2.11. The van der Waals surface area contributed by atoms with Gasteiger partial charge in [0.1, 0.15) is 5.82 Å². The molecule has 0 heterocycles. The molecule has 2 aromatic carbocycles. The SMILES string of the molecule is O=C(O)c1ccc(NC(=O)c2cccc(F)c2)c(Cl)c1. The third-order valence-corrected chi connectivity index (χ3v) is 2.86. The summed E-state index contributed by atoms with van der Waals surface area (Å²) in [6.07, 6.45) is 0. The van der Waals surface area contributed by atoms with E-state index in [0.29, 0.717) is 0 Å². The van der Waals surface area contributed by atoms with Gasteiger partial charge in [-0.15, -0.1) is 0 Å². The van der Waals surface area contributed by atoms with Crippen molar-refractivity contribution in [3.8, 4) is 0 Å². The monoisotopic (exact) mass is 293 g/mol. The second-order valence-electron chi connectivity index (χ2n) is 3.96. The van der Waals surface area contributed by atoms with Crippen molar-refractivity contribution in [1.82, 2.24) is 0 Å². The number of hydrogen-bond donors (Lipinski definition) is 2. The molecule has 0 spiro atoms. The van der Waals surface area contributed by atoms with Gasteiger partial charge in [-0.3, -0.25) is 4.79 Å². The molecule has 0 radical (unpaired) electrons. The topological polar surface area (TPSA) is 66.4 Å². The summed E-state index contributed by atoms with van der Waals surface area (Å²) in [6, 6.07) is 9.11. The number of rotatable bonds is 3. The molecule has 0 saturated heterocycles. The first-order valence-corrected chi connectivity index (χ1v) is 5.95. The molecule has 4 nitrogen and oxygen atoms in total. The molecule has 6 heteroatoms. The zero-order valence-electron chi connectivity index (χ0n) is 10.1. The van der Waals surface area contributed by atoms with Crippen molar-refractivity contribution < 1.29 is 19.1 Å². The van der Waals surface area contributed by atoms with E-state index in [0.717, 1.165) is 6.07 Å². The summed E-state index contributed by atoms with van der Waals surface area (Å²) < 4.78 is 13.0. The van der Waals surface area contributed by atoms with Crippen LogP contribution < -0.4 is 5.32 Å². The molecule has 102 valence electrons. The molecule has 20 heavy (non-hydrogen) atoms.